The van der Waals surface area contributed by atoms with E-state index in [2.05, 4.69) is 25.7 Å². The Morgan fingerprint density at radius 3 is 2.85 bits per heavy atom. The van der Waals surface area contributed by atoms with Crippen molar-refractivity contribution in [1.29, 1.82) is 0 Å². The fraction of sp³-hybridized carbons (Fsp3) is 0.316. The van der Waals surface area contributed by atoms with Crippen molar-refractivity contribution in [1.82, 2.24) is 9.55 Å². The molecular formula is C19H19BrN2O4. The van der Waals surface area contributed by atoms with E-state index >= 15 is 0 Å². The van der Waals surface area contributed by atoms with Gasteiger partial charge in [0.25, 0.3) is 5.56 Å². The Hall–Kier alpha value is -2.41. The third-order valence-corrected chi connectivity index (χ3v) is 5.16. The largest absolute Gasteiger partial charge is 0.469 e. The minimum Gasteiger partial charge on any atom is -0.469 e. The van der Waals surface area contributed by atoms with Crippen molar-refractivity contribution >= 4 is 33.0 Å². The number of carbonyl (C=O) groups is 1. The summed E-state index contributed by atoms with van der Waals surface area (Å²) in [6.45, 7) is 4.26. The fourth-order valence-corrected chi connectivity index (χ4v) is 3.20. The van der Waals surface area contributed by atoms with Gasteiger partial charge in [-0.3, -0.25) is 9.59 Å². The smallest absolute Gasteiger partial charge is 0.305 e. The third-order valence-electron chi connectivity index (χ3n) is 4.30. The van der Waals surface area contributed by atoms with Crippen molar-refractivity contribution in [2.45, 2.75) is 33.2 Å². The first-order valence-corrected chi connectivity index (χ1v) is 9.04. The second-order valence-corrected chi connectivity index (χ2v) is 6.95. The average molecular weight is 419 g/mol. The fourth-order valence-electron chi connectivity index (χ4n) is 2.84. The van der Waals surface area contributed by atoms with Crippen LogP contribution >= 0.6 is 15.9 Å². The topological polar surface area (TPSA) is 74.3 Å². The van der Waals surface area contributed by atoms with Crippen molar-refractivity contribution in [3.63, 3.8) is 0 Å². The van der Waals surface area contributed by atoms with Gasteiger partial charge in [0.2, 0.25) is 5.89 Å². The number of nitrogens with zero attached hydrogens (tertiary/aromatic N) is 2. The normalized spacial score (nSPS) is 11.1. The number of aryl methyl sites for hydroxylation is 2. The molecule has 2 heterocycles. The highest BCUT2D eigenvalue weighted by Gasteiger charge is 2.17. The molecule has 0 saturated carbocycles. The summed E-state index contributed by atoms with van der Waals surface area (Å²) in [5.74, 6) is 0.135. The molecule has 0 saturated heterocycles. The molecule has 136 valence electrons. The van der Waals surface area contributed by atoms with Gasteiger partial charge in [0, 0.05) is 34.8 Å². The lowest BCUT2D eigenvalue weighted by molar-refractivity contribution is -0.140. The standard InChI is InChI=1S/C19H19BrN2O4/c1-11-10-22(9-5-8-15(23)25-3)19(24)16-17(11)26-18(21-16)13-6-4-7-14(20)12(13)2/h4,6-7,10H,5,8-9H2,1-3H3. The first kappa shape index (κ1) is 18.4. The van der Waals surface area contributed by atoms with Gasteiger partial charge < -0.3 is 13.7 Å². The summed E-state index contributed by atoms with van der Waals surface area (Å²) in [5, 5.41) is 0. The number of hydrogen-bond donors (Lipinski definition) is 0. The van der Waals surface area contributed by atoms with E-state index in [4.69, 9.17) is 4.42 Å². The number of hydrogen-bond acceptors (Lipinski definition) is 5. The van der Waals surface area contributed by atoms with Gasteiger partial charge >= 0.3 is 5.97 Å². The molecule has 0 atom stereocenters. The van der Waals surface area contributed by atoms with Crippen LogP contribution in [0.25, 0.3) is 22.6 Å². The number of rotatable bonds is 5. The van der Waals surface area contributed by atoms with Crippen LogP contribution in [-0.2, 0) is 16.1 Å². The quantitative estimate of drug-likeness (QED) is 0.585. The SMILES string of the molecule is COC(=O)CCCn1cc(C)c2oc(-c3cccc(Br)c3C)nc2c1=O. The van der Waals surface area contributed by atoms with Gasteiger partial charge in [-0.25, -0.2) is 4.98 Å². The van der Waals surface area contributed by atoms with Crippen molar-refractivity contribution in [2.24, 2.45) is 0 Å². The highest BCUT2D eigenvalue weighted by atomic mass is 79.9. The summed E-state index contributed by atoms with van der Waals surface area (Å²) in [6.07, 6.45) is 2.53. The number of ether oxygens (including phenoxy) is 1. The van der Waals surface area contributed by atoms with E-state index in [1.807, 2.05) is 32.0 Å². The molecule has 0 spiro atoms. The van der Waals surface area contributed by atoms with Crippen molar-refractivity contribution in [2.75, 3.05) is 7.11 Å². The molecule has 0 aliphatic rings. The molecule has 3 aromatic rings. The number of esters is 1. The van der Waals surface area contributed by atoms with Crippen LogP contribution in [0.5, 0.6) is 0 Å². The molecule has 3 rings (SSSR count). The minimum absolute atomic E-state index is 0.224. The Balaban J connectivity index is 2.00. The predicted octanol–water partition coefficient (Wildman–Crippen LogP) is 3.99. The van der Waals surface area contributed by atoms with E-state index < -0.39 is 0 Å². The van der Waals surface area contributed by atoms with E-state index in [0.717, 1.165) is 21.2 Å². The lowest BCUT2D eigenvalue weighted by atomic mass is 10.1. The van der Waals surface area contributed by atoms with Gasteiger partial charge in [-0.2, -0.15) is 0 Å². The number of fused-ring (bicyclic) bond motifs is 1. The molecule has 7 heteroatoms. The first-order chi connectivity index (χ1) is 12.4. The maximum Gasteiger partial charge on any atom is 0.305 e. The molecular weight excluding hydrogens is 400 g/mol. The maximum atomic E-state index is 12.7. The Kier molecular flexibility index (Phi) is 5.27. The highest BCUT2D eigenvalue weighted by molar-refractivity contribution is 9.10. The molecule has 0 bridgehead atoms. The number of benzene rings is 1. The third kappa shape index (κ3) is 3.44. The Morgan fingerprint density at radius 2 is 2.12 bits per heavy atom. The molecule has 0 radical (unpaired) electrons. The van der Waals surface area contributed by atoms with Crippen molar-refractivity contribution in [3.05, 3.63) is 50.3 Å². The van der Waals surface area contributed by atoms with Crippen LogP contribution in [0.2, 0.25) is 0 Å². The molecule has 0 aliphatic heterocycles. The van der Waals surface area contributed by atoms with E-state index in [0.29, 0.717) is 30.0 Å². The number of aromatic nitrogens is 2. The molecule has 0 fully saturated rings. The number of methoxy groups -OCH3 is 1. The molecule has 26 heavy (non-hydrogen) atoms. The number of carbonyl (C=O) groups excluding carboxylic acids is 1. The predicted molar refractivity (Wildman–Crippen MR) is 102 cm³/mol. The number of halogens is 1. The molecule has 2 aromatic heterocycles. The molecule has 0 amide bonds. The van der Waals surface area contributed by atoms with Gasteiger partial charge in [0.1, 0.15) is 0 Å². The van der Waals surface area contributed by atoms with Crippen LogP contribution in [0.3, 0.4) is 0 Å². The Bertz CT molecular complexity index is 1040. The number of pyridine rings is 1. The van der Waals surface area contributed by atoms with Crippen LogP contribution in [0.15, 0.2) is 38.1 Å². The Labute approximate surface area is 158 Å². The van der Waals surface area contributed by atoms with E-state index in [1.165, 1.54) is 7.11 Å². The van der Waals surface area contributed by atoms with Gasteiger partial charge in [-0.1, -0.05) is 22.0 Å². The van der Waals surface area contributed by atoms with Gasteiger partial charge in [0.15, 0.2) is 11.1 Å². The zero-order chi connectivity index (χ0) is 18.8. The van der Waals surface area contributed by atoms with Crippen LogP contribution < -0.4 is 5.56 Å². The van der Waals surface area contributed by atoms with E-state index in [9.17, 15) is 9.59 Å². The summed E-state index contributed by atoms with van der Waals surface area (Å²) < 4.78 is 13.0. The molecule has 0 unspecified atom stereocenters. The molecule has 0 N–H and O–H groups in total. The van der Waals surface area contributed by atoms with E-state index in [1.54, 1.807) is 10.8 Å². The highest BCUT2D eigenvalue weighted by Crippen LogP contribution is 2.30. The zero-order valence-electron chi connectivity index (χ0n) is 14.8. The zero-order valence-corrected chi connectivity index (χ0v) is 16.4. The molecule has 0 aliphatic carbocycles. The Morgan fingerprint density at radius 1 is 1.35 bits per heavy atom. The lowest BCUT2D eigenvalue weighted by Gasteiger charge is -2.06. The summed E-state index contributed by atoms with van der Waals surface area (Å²) in [5.41, 5.74) is 3.23. The van der Waals surface area contributed by atoms with Crippen LogP contribution in [0.4, 0.5) is 0 Å². The average Bonchev–Trinajstić information content (AvgIpc) is 3.07. The van der Waals surface area contributed by atoms with Crippen LogP contribution in [0, 0.1) is 13.8 Å². The number of oxazole rings is 1. The lowest BCUT2D eigenvalue weighted by Crippen LogP contribution is -2.21. The first-order valence-electron chi connectivity index (χ1n) is 8.25. The summed E-state index contributed by atoms with van der Waals surface area (Å²) in [7, 11) is 1.35. The monoisotopic (exact) mass is 418 g/mol. The summed E-state index contributed by atoms with van der Waals surface area (Å²) in [4.78, 5) is 28.4. The van der Waals surface area contributed by atoms with Gasteiger partial charge in [0.05, 0.1) is 7.11 Å². The van der Waals surface area contributed by atoms with Gasteiger partial charge in [-0.05, 0) is 38.0 Å². The molecule has 6 nitrogen and oxygen atoms in total. The van der Waals surface area contributed by atoms with Gasteiger partial charge in [-0.15, -0.1) is 0 Å². The van der Waals surface area contributed by atoms with Crippen molar-refractivity contribution < 1.29 is 13.9 Å². The minimum atomic E-state index is -0.287. The maximum absolute atomic E-state index is 12.7. The molecule has 1 aromatic carbocycles. The second-order valence-electron chi connectivity index (χ2n) is 6.10. The van der Waals surface area contributed by atoms with Crippen molar-refractivity contribution in [3.8, 4) is 11.5 Å². The summed E-state index contributed by atoms with van der Waals surface area (Å²) >= 11 is 3.50. The summed E-state index contributed by atoms with van der Waals surface area (Å²) in [6, 6.07) is 5.76. The van der Waals surface area contributed by atoms with Crippen LogP contribution in [-0.4, -0.2) is 22.6 Å². The second kappa shape index (κ2) is 7.45. The van der Waals surface area contributed by atoms with E-state index in [-0.39, 0.29) is 17.9 Å². The van der Waals surface area contributed by atoms with Crippen LogP contribution in [0.1, 0.15) is 24.0 Å².